The first kappa shape index (κ1) is 15.7. The van der Waals surface area contributed by atoms with E-state index in [4.69, 9.17) is 5.11 Å². The van der Waals surface area contributed by atoms with Crippen LogP contribution < -0.4 is 5.56 Å². The minimum Gasteiger partial charge on any atom is -0.481 e. The lowest BCUT2D eigenvalue weighted by Gasteiger charge is -2.10. The fraction of sp³-hybridized carbons (Fsp3) is 0.105. The maximum absolute atomic E-state index is 12.7. The van der Waals surface area contributed by atoms with Gasteiger partial charge in [-0.3, -0.25) is 9.59 Å². The van der Waals surface area contributed by atoms with Crippen molar-refractivity contribution < 1.29 is 9.90 Å². The Kier molecular flexibility index (Phi) is 4.52. The van der Waals surface area contributed by atoms with Crippen molar-refractivity contribution >= 4 is 5.97 Å². The number of nitrogens with zero attached hydrogens (tertiary/aromatic N) is 2. The molecule has 0 aliphatic carbocycles. The number of aliphatic carboxylic acids is 1. The quantitative estimate of drug-likeness (QED) is 0.784. The van der Waals surface area contributed by atoms with Crippen LogP contribution in [0.15, 0.2) is 71.5 Å². The third-order valence-electron chi connectivity index (χ3n) is 3.67. The minimum absolute atomic E-state index is 0.0364. The smallest absolute Gasteiger partial charge is 0.305 e. The van der Waals surface area contributed by atoms with Gasteiger partial charge in [0, 0.05) is 5.56 Å². The predicted molar refractivity (Wildman–Crippen MR) is 91.6 cm³/mol. The summed E-state index contributed by atoms with van der Waals surface area (Å²) in [6.45, 7) is 0.0364. The molecule has 0 radical (unpaired) electrons. The zero-order valence-electron chi connectivity index (χ0n) is 12.9. The highest BCUT2D eigenvalue weighted by molar-refractivity contribution is 5.69. The van der Waals surface area contributed by atoms with E-state index in [2.05, 4.69) is 5.10 Å². The summed E-state index contributed by atoms with van der Waals surface area (Å²) in [6.07, 6.45) is -0.153. The van der Waals surface area contributed by atoms with E-state index in [1.807, 2.05) is 60.7 Å². The van der Waals surface area contributed by atoms with Gasteiger partial charge in [-0.1, -0.05) is 60.7 Å². The Morgan fingerprint density at radius 2 is 1.54 bits per heavy atom. The lowest BCUT2D eigenvalue weighted by molar-refractivity contribution is -0.137. The molecule has 0 aliphatic heterocycles. The molecule has 0 atom stereocenters. The van der Waals surface area contributed by atoms with Crippen LogP contribution in [0.5, 0.6) is 0 Å². The summed E-state index contributed by atoms with van der Waals surface area (Å²) in [5, 5.41) is 13.2. The van der Waals surface area contributed by atoms with Gasteiger partial charge in [0.15, 0.2) is 0 Å². The summed E-state index contributed by atoms with van der Waals surface area (Å²) in [5.41, 5.74) is 2.52. The van der Waals surface area contributed by atoms with Gasteiger partial charge in [-0.2, -0.15) is 5.10 Å². The first-order valence-corrected chi connectivity index (χ1v) is 7.60. The van der Waals surface area contributed by atoms with Gasteiger partial charge in [0.1, 0.15) is 0 Å². The van der Waals surface area contributed by atoms with Crippen molar-refractivity contribution in [1.82, 2.24) is 9.78 Å². The number of aryl methyl sites for hydroxylation is 1. The van der Waals surface area contributed by atoms with E-state index in [-0.39, 0.29) is 18.5 Å². The predicted octanol–water partition coefficient (Wildman–Crippen LogP) is 3.05. The fourth-order valence-electron chi connectivity index (χ4n) is 2.47. The molecule has 3 aromatic rings. The molecule has 0 spiro atoms. The molecule has 0 saturated carbocycles. The van der Waals surface area contributed by atoms with Crippen LogP contribution in [-0.2, 0) is 11.3 Å². The molecule has 5 nitrogen and oxygen atoms in total. The molecular formula is C19H16N2O3. The molecule has 0 amide bonds. The lowest BCUT2D eigenvalue weighted by Crippen LogP contribution is -2.26. The zero-order valence-corrected chi connectivity index (χ0v) is 12.9. The highest BCUT2D eigenvalue weighted by Crippen LogP contribution is 2.21. The first-order chi connectivity index (χ1) is 11.6. The van der Waals surface area contributed by atoms with Crippen molar-refractivity contribution in [2.75, 3.05) is 0 Å². The summed E-state index contributed by atoms with van der Waals surface area (Å²) in [4.78, 5) is 23.5. The van der Waals surface area contributed by atoms with Crippen molar-refractivity contribution in [2.24, 2.45) is 0 Å². The van der Waals surface area contributed by atoms with Gasteiger partial charge in [0.25, 0.3) is 5.56 Å². The fourth-order valence-corrected chi connectivity index (χ4v) is 2.47. The average Bonchev–Trinajstić information content (AvgIpc) is 2.62. The molecule has 0 unspecified atom stereocenters. The normalized spacial score (nSPS) is 10.5. The molecule has 0 aliphatic rings. The molecule has 0 fully saturated rings. The van der Waals surface area contributed by atoms with E-state index in [1.54, 1.807) is 6.07 Å². The van der Waals surface area contributed by atoms with Crippen molar-refractivity contribution in [1.29, 1.82) is 0 Å². The van der Waals surface area contributed by atoms with Crippen LogP contribution in [0.25, 0.3) is 22.4 Å². The Balaban J connectivity index is 2.15. The molecule has 24 heavy (non-hydrogen) atoms. The third-order valence-corrected chi connectivity index (χ3v) is 3.67. The van der Waals surface area contributed by atoms with Crippen LogP contribution in [-0.4, -0.2) is 20.9 Å². The highest BCUT2D eigenvalue weighted by atomic mass is 16.4. The van der Waals surface area contributed by atoms with E-state index in [9.17, 15) is 9.59 Å². The number of carbonyl (C=O) groups is 1. The molecule has 1 heterocycles. The van der Waals surface area contributed by atoms with Gasteiger partial charge in [-0.05, 0) is 11.6 Å². The van der Waals surface area contributed by atoms with Crippen LogP contribution in [0.2, 0.25) is 0 Å². The van der Waals surface area contributed by atoms with E-state index in [1.165, 1.54) is 4.68 Å². The maximum atomic E-state index is 12.7. The Labute approximate surface area is 138 Å². The molecule has 3 rings (SSSR count). The second-order valence-electron chi connectivity index (χ2n) is 5.35. The summed E-state index contributed by atoms with van der Waals surface area (Å²) < 4.78 is 1.23. The van der Waals surface area contributed by atoms with Gasteiger partial charge >= 0.3 is 5.97 Å². The minimum atomic E-state index is -0.963. The number of hydrogen-bond acceptors (Lipinski definition) is 3. The summed E-state index contributed by atoms with van der Waals surface area (Å²) in [6, 6.07) is 20.6. The molecular weight excluding hydrogens is 304 g/mol. The third kappa shape index (κ3) is 3.41. The molecule has 2 aromatic carbocycles. The van der Waals surface area contributed by atoms with Crippen LogP contribution in [0.1, 0.15) is 6.42 Å². The molecule has 0 bridgehead atoms. The monoisotopic (exact) mass is 320 g/mol. The molecule has 1 aromatic heterocycles. The first-order valence-electron chi connectivity index (χ1n) is 7.60. The second kappa shape index (κ2) is 6.91. The summed E-state index contributed by atoms with van der Waals surface area (Å²) >= 11 is 0. The average molecular weight is 320 g/mol. The number of benzene rings is 2. The molecule has 1 N–H and O–H groups in total. The van der Waals surface area contributed by atoms with Crippen molar-refractivity contribution in [3.63, 3.8) is 0 Å². The van der Waals surface area contributed by atoms with Gasteiger partial charge in [-0.15, -0.1) is 0 Å². The van der Waals surface area contributed by atoms with Gasteiger partial charge < -0.3 is 5.11 Å². The Morgan fingerprint density at radius 1 is 0.958 bits per heavy atom. The molecule has 5 heteroatoms. The van der Waals surface area contributed by atoms with Crippen LogP contribution in [0.4, 0.5) is 0 Å². The number of rotatable bonds is 5. The van der Waals surface area contributed by atoms with E-state index >= 15 is 0 Å². The maximum Gasteiger partial charge on any atom is 0.305 e. The Bertz CT molecular complexity index is 903. The number of carboxylic acids is 1. The van der Waals surface area contributed by atoms with E-state index < -0.39 is 5.97 Å². The standard InChI is InChI=1S/C19H16N2O3/c22-18(23)11-12-21-19(24)16(14-7-3-1-4-8-14)13-17(20-21)15-9-5-2-6-10-15/h1-10,13H,11-12H2,(H,22,23). The van der Waals surface area contributed by atoms with Crippen LogP contribution in [0.3, 0.4) is 0 Å². The van der Waals surface area contributed by atoms with Crippen molar-refractivity contribution in [2.45, 2.75) is 13.0 Å². The highest BCUT2D eigenvalue weighted by Gasteiger charge is 2.12. The summed E-state index contributed by atoms with van der Waals surface area (Å²) in [5.74, 6) is -0.963. The zero-order chi connectivity index (χ0) is 16.9. The van der Waals surface area contributed by atoms with E-state index in [0.29, 0.717) is 11.3 Å². The summed E-state index contributed by atoms with van der Waals surface area (Å²) in [7, 11) is 0. The van der Waals surface area contributed by atoms with Crippen LogP contribution >= 0.6 is 0 Å². The number of hydrogen-bond donors (Lipinski definition) is 1. The lowest BCUT2D eigenvalue weighted by atomic mass is 10.0. The van der Waals surface area contributed by atoms with Crippen LogP contribution in [0, 0.1) is 0 Å². The van der Waals surface area contributed by atoms with Gasteiger partial charge in [-0.25, -0.2) is 4.68 Å². The molecule has 0 saturated heterocycles. The second-order valence-corrected chi connectivity index (χ2v) is 5.35. The van der Waals surface area contributed by atoms with E-state index in [0.717, 1.165) is 11.1 Å². The molecule has 120 valence electrons. The SMILES string of the molecule is O=C(O)CCn1nc(-c2ccccc2)cc(-c2ccccc2)c1=O. The number of aromatic nitrogens is 2. The van der Waals surface area contributed by atoms with Gasteiger partial charge in [0.2, 0.25) is 0 Å². The Hall–Kier alpha value is -3.21. The van der Waals surface area contributed by atoms with Crippen molar-refractivity contribution in [3.8, 4) is 22.4 Å². The van der Waals surface area contributed by atoms with Crippen molar-refractivity contribution in [3.05, 3.63) is 77.1 Å². The topological polar surface area (TPSA) is 72.2 Å². The van der Waals surface area contributed by atoms with Gasteiger partial charge in [0.05, 0.1) is 24.2 Å². The number of carboxylic acid groups (broad SMARTS) is 1. The largest absolute Gasteiger partial charge is 0.481 e. The Morgan fingerprint density at radius 3 is 2.12 bits per heavy atom.